The minimum Gasteiger partial charge on any atom is -0.490 e. The quantitative estimate of drug-likeness (QED) is 0.274. The highest BCUT2D eigenvalue weighted by molar-refractivity contribution is 6.32. The van der Waals surface area contributed by atoms with Crippen LogP contribution in [0.5, 0.6) is 11.5 Å². The first-order valence-corrected chi connectivity index (χ1v) is 10.4. The number of furan rings is 1. The zero-order chi connectivity index (χ0) is 22.9. The summed E-state index contributed by atoms with van der Waals surface area (Å²) in [5, 5.41) is 12.4. The van der Waals surface area contributed by atoms with Gasteiger partial charge in [-0.1, -0.05) is 23.7 Å². The van der Waals surface area contributed by atoms with Gasteiger partial charge in [0.2, 0.25) is 0 Å². The van der Waals surface area contributed by atoms with Gasteiger partial charge in [-0.05, 0) is 73.0 Å². The molecule has 0 aliphatic rings. The number of halogens is 1. The maximum absolute atomic E-state index is 12.2. The average Bonchev–Trinajstić information content (AvgIpc) is 3.27. The van der Waals surface area contributed by atoms with Crippen molar-refractivity contribution in [3.05, 3.63) is 87.8 Å². The van der Waals surface area contributed by atoms with Crippen LogP contribution in [0.1, 0.15) is 22.5 Å². The van der Waals surface area contributed by atoms with E-state index in [0.717, 1.165) is 16.9 Å². The van der Waals surface area contributed by atoms with Gasteiger partial charge in [0, 0.05) is 0 Å². The van der Waals surface area contributed by atoms with Crippen molar-refractivity contribution >= 4 is 23.6 Å². The average molecular weight is 451 g/mol. The number of hydrogen-bond acceptors (Lipinski definition) is 5. The predicted molar refractivity (Wildman–Crippen MR) is 123 cm³/mol. The maximum atomic E-state index is 12.2. The maximum Gasteiger partial charge on any atom is 0.262 e. The van der Waals surface area contributed by atoms with E-state index >= 15 is 0 Å². The van der Waals surface area contributed by atoms with Crippen LogP contribution >= 0.6 is 11.6 Å². The molecular weight excluding hydrogens is 428 g/mol. The van der Waals surface area contributed by atoms with Gasteiger partial charge in [-0.3, -0.25) is 4.79 Å². The summed E-state index contributed by atoms with van der Waals surface area (Å²) in [6, 6.07) is 16.5. The van der Waals surface area contributed by atoms with Crippen LogP contribution in [-0.2, 0) is 11.3 Å². The molecule has 6 nitrogen and oxygen atoms in total. The Morgan fingerprint density at radius 1 is 1.12 bits per heavy atom. The Balaban J connectivity index is 1.55. The third-order valence-electron chi connectivity index (χ3n) is 4.44. The number of hydrogen-bond donors (Lipinski definition) is 1. The summed E-state index contributed by atoms with van der Waals surface area (Å²) in [5.41, 5.74) is 2.85. The lowest BCUT2D eigenvalue weighted by Gasteiger charge is -2.11. The highest BCUT2D eigenvalue weighted by Crippen LogP contribution is 2.26. The van der Waals surface area contributed by atoms with E-state index in [1.165, 1.54) is 12.3 Å². The minimum atomic E-state index is -0.496. The van der Waals surface area contributed by atoms with Crippen molar-refractivity contribution in [2.75, 3.05) is 13.2 Å². The fourth-order valence-corrected chi connectivity index (χ4v) is 3.29. The second kappa shape index (κ2) is 11.1. The van der Waals surface area contributed by atoms with Crippen molar-refractivity contribution in [3.8, 4) is 17.6 Å². The fraction of sp³-hybridized carbons (Fsp3) is 0.200. The summed E-state index contributed by atoms with van der Waals surface area (Å²) < 4.78 is 16.6. The Morgan fingerprint density at radius 3 is 2.53 bits per heavy atom. The highest BCUT2D eigenvalue weighted by atomic mass is 35.5. The lowest BCUT2D eigenvalue weighted by atomic mass is 10.1. The molecule has 0 bridgehead atoms. The van der Waals surface area contributed by atoms with E-state index in [0.29, 0.717) is 35.3 Å². The number of amides is 1. The Hall–Kier alpha value is -3.69. The van der Waals surface area contributed by atoms with Crippen LogP contribution in [0.4, 0.5) is 0 Å². The molecular formula is C25H23ClN2O4. The number of carbonyl (C=O) groups excluding carboxylic acids is 1. The monoisotopic (exact) mass is 450 g/mol. The normalized spacial score (nSPS) is 11.0. The second-order valence-corrected chi connectivity index (χ2v) is 7.55. The zero-order valence-electron chi connectivity index (χ0n) is 17.9. The summed E-state index contributed by atoms with van der Waals surface area (Å²) in [7, 11) is 0. The third-order valence-corrected chi connectivity index (χ3v) is 4.74. The first-order chi connectivity index (χ1) is 15.4. The molecule has 7 heteroatoms. The molecule has 0 fully saturated rings. The minimum absolute atomic E-state index is 0.0388. The molecule has 0 aliphatic carbocycles. The van der Waals surface area contributed by atoms with Gasteiger partial charge in [-0.2, -0.15) is 5.26 Å². The van der Waals surface area contributed by atoms with Gasteiger partial charge in [-0.25, -0.2) is 0 Å². The lowest BCUT2D eigenvalue weighted by Crippen LogP contribution is -2.23. The Labute approximate surface area is 192 Å². The number of nitriles is 1. The molecule has 1 heterocycles. The third kappa shape index (κ3) is 6.66. The molecule has 0 unspecified atom stereocenters. The summed E-state index contributed by atoms with van der Waals surface area (Å²) in [4.78, 5) is 12.2. The van der Waals surface area contributed by atoms with E-state index < -0.39 is 5.91 Å². The van der Waals surface area contributed by atoms with Gasteiger partial charge >= 0.3 is 0 Å². The molecule has 0 atom stereocenters. The van der Waals surface area contributed by atoms with E-state index in [2.05, 4.69) is 11.4 Å². The largest absolute Gasteiger partial charge is 0.490 e. The van der Waals surface area contributed by atoms with Crippen molar-refractivity contribution in [1.29, 1.82) is 5.26 Å². The van der Waals surface area contributed by atoms with E-state index in [4.69, 9.17) is 25.5 Å². The number of carbonyl (C=O) groups is 1. The molecule has 3 aromatic rings. The first kappa shape index (κ1) is 23.0. The topological polar surface area (TPSA) is 84.5 Å². The van der Waals surface area contributed by atoms with Crippen LogP contribution in [0.15, 0.2) is 64.8 Å². The molecule has 164 valence electrons. The fourth-order valence-electron chi connectivity index (χ4n) is 3.04. The van der Waals surface area contributed by atoms with Crippen molar-refractivity contribution in [2.45, 2.75) is 20.4 Å². The van der Waals surface area contributed by atoms with Gasteiger partial charge in [0.25, 0.3) is 5.91 Å². The van der Waals surface area contributed by atoms with Crippen molar-refractivity contribution < 1.29 is 18.7 Å². The molecule has 0 spiro atoms. The first-order valence-electron chi connectivity index (χ1n) is 10.0. The van der Waals surface area contributed by atoms with Gasteiger partial charge in [-0.15, -0.1) is 0 Å². The SMILES string of the molecule is Cc1cc(C)cc(OCCOc2ccc(/C=C(\C#N)C(=O)NCc3ccco3)cc2Cl)c1. The summed E-state index contributed by atoms with van der Waals surface area (Å²) >= 11 is 6.31. The van der Waals surface area contributed by atoms with Gasteiger partial charge in [0.1, 0.15) is 42.1 Å². The molecule has 3 rings (SSSR count). The second-order valence-electron chi connectivity index (χ2n) is 7.14. The highest BCUT2D eigenvalue weighted by Gasteiger charge is 2.10. The van der Waals surface area contributed by atoms with E-state index in [1.54, 1.807) is 30.3 Å². The summed E-state index contributed by atoms with van der Waals surface area (Å²) in [6.07, 6.45) is 2.99. The van der Waals surface area contributed by atoms with E-state index in [9.17, 15) is 10.1 Å². The van der Waals surface area contributed by atoms with Crippen LogP contribution < -0.4 is 14.8 Å². The zero-order valence-corrected chi connectivity index (χ0v) is 18.6. The van der Waals surface area contributed by atoms with Gasteiger partial charge < -0.3 is 19.2 Å². The predicted octanol–water partition coefficient (Wildman–Crippen LogP) is 5.23. The molecule has 0 aliphatic heterocycles. The number of benzene rings is 2. The van der Waals surface area contributed by atoms with Crippen molar-refractivity contribution in [2.24, 2.45) is 0 Å². The smallest absolute Gasteiger partial charge is 0.262 e. The number of aryl methyl sites for hydroxylation is 2. The lowest BCUT2D eigenvalue weighted by molar-refractivity contribution is -0.117. The molecule has 1 amide bonds. The van der Waals surface area contributed by atoms with Crippen LogP contribution in [0.3, 0.4) is 0 Å². The van der Waals surface area contributed by atoms with Gasteiger partial charge in [0.15, 0.2) is 0 Å². The number of nitrogens with zero attached hydrogens (tertiary/aromatic N) is 1. The van der Waals surface area contributed by atoms with Crippen LogP contribution in [0.2, 0.25) is 5.02 Å². The van der Waals surface area contributed by atoms with E-state index in [1.807, 2.05) is 32.0 Å². The molecule has 0 saturated heterocycles. The standard InChI is InChI=1S/C25H23ClN2O4/c1-17-10-18(2)12-22(11-17)31-8-9-32-24-6-5-19(14-23(24)26)13-20(15-27)25(29)28-16-21-4-3-7-30-21/h3-7,10-14H,8-9,16H2,1-2H3,(H,28,29)/b20-13+. The summed E-state index contributed by atoms with van der Waals surface area (Å²) in [5.74, 6) is 1.39. The van der Waals surface area contributed by atoms with Crippen molar-refractivity contribution in [1.82, 2.24) is 5.32 Å². The molecule has 32 heavy (non-hydrogen) atoms. The molecule has 1 N–H and O–H groups in total. The van der Waals surface area contributed by atoms with Crippen LogP contribution in [0.25, 0.3) is 6.08 Å². The number of rotatable bonds is 9. The van der Waals surface area contributed by atoms with Crippen LogP contribution in [0, 0.1) is 25.2 Å². The molecule has 0 saturated carbocycles. The van der Waals surface area contributed by atoms with Gasteiger partial charge in [0.05, 0.1) is 17.8 Å². The molecule has 1 aromatic heterocycles. The van der Waals surface area contributed by atoms with E-state index in [-0.39, 0.29) is 12.1 Å². The number of nitrogens with one attached hydrogen (secondary N) is 1. The van der Waals surface area contributed by atoms with Crippen LogP contribution in [-0.4, -0.2) is 19.1 Å². The van der Waals surface area contributed by atoms with Crippen molar-refractivity contribution in [3.63, 3.8) is 0 Å². The summed E-state index contributed by atoms with van der Waals surface area (Å²) in [6.45, 7) is 4.93. The number of ether oxygens (including phenoxy) is 2. The molecule has 2 aromatic carbocycles. The Kier molecular flexibility index (Phi) is 7.96. The Morgan fingerprint density at radius 2 is 1.88 bits per heavy atom. The Bertz CT molecular complexity index is 1130. The molecule has 0 radical (unpaired) electrons.